The Balaban J connectivity index is 2.14. The SMILES string of the molecule is O=C(OC1COS(=O)(=O)C1)c1c(F)cccc1F. The quantitative estimate of drug-likeness (QED) is 0.592. The fourth-order valence-corrected chi connectivity index (χ4v) is 2.55. The van der Waals surface area contributed by atoms with E-state index in [4.69, 9.17) is 0 Å². The van der Waals surface area contributed by atoms with Crippen molar-refractivity contribution in [2.45, 2.75) is 6.10 Å². The molecule has 1 aliphatic rings. The molecule has 8 heteroatoms. The fourth-order valence-electron chi connectivity index (χ4n) is 1.47. The molecular formula is C10H8F2O5S. The lowest BCUT2D eigenvalue weighted by Gasteiger charge is -2.09. The molecule has 0 aromatic heterocycles. The second-order valence-corrected chi connectivity index (χ2v) is 5.32. The molecule has 1 aromatic rings. The number of benzene rings is 1. The minimum absolute atomic E-state index is 0.343. The van der Waals surface area contributed by atoms with E-state index < -0.39 is 45.1 Å². The molecule has 1 unspecified atom stereocenters. The first kappa shape index (κ1) is 12.9. The Labute approximate surface area is 101 Å². The highest BCUT2D eigenvalue weighted by molar-refractivity contribution is 7.87. The zero-order valence-corrected chi connectivity index (χ0v) is 9.75. The molecule has 1 aliphatic heterocycles. The Bertz CT molecular complexity index is 564. The van der Waals surface area contributed by atoms with Gasteiger partial charge in [0.2, 0.25) is 0 Å². The van der Waals surface area contributed by atoms with Gasteiger partial charge >= 0.3 is 5.97 Å². The van der Waals surface area contributed by atoms with Gasteiger partial charge in [0, 0.05) is 0 Å². The summed E-state index contributed by atoms with van der Waals surface area (Å²) in [7, 11) is -3.71. The fraction of sp³-hybridized carbons (Fsp3) is 0.300. The Hall–Kier alpha value is -1.54. The lowest BCUT2D eigenvalue weighted by atomic mass is 10.2. The van der Waals surface area contributed by atoms with Crippen molar-refractivity contribution in [2.24, 2.45) is 0 Å². The van der Waals surface area contributed by atoms with Crippen molar-refractivity contribution >= 4 is 16.1 Å². The zero-order chi connectivity index (χ0) is 13.3. The van der Waals surface area contributed by atoms with E-state index in [0.29, 0.717) is 0 Å². The van der Waals surface area contributed by atoms with Gasteiger partial charge in [0.1, 0.15) is 35.7 Å². The van der Waals surface area contributed by atoms with E-state index in [1.54, 1.807) is 0 Å². The predicted molar refractivity (Wildman–Crippen MR) is 55.3 cm³/mol. The molecule has 0 spiro atoms. The number of halogens is 2. The Morgan fingerprint density at radius 2 is 1.94 bits per heavy atom. The van der Waals surface area contributed by atoms with Gasteiger partial charge in [0.15, 0.2) is 0 Å². The Morgan fingerprint density at radius 1 is 1.33 bits per heavy atom. The molecule has 0 saturated carbocycles. The molecule has 0 radical (unpaired) electrons. The molecule has 98 valence electrons. The maximum atomic E-state index is 13.2. The number of esters is 1. The molecule has 1 atom stereocenters. The third-order valence-corrected chi connectivity index (χ3v) is 3.54. The van der Waals surface area contributed by atoms with Crippen LogP contribution in [-0.4, -0.2) is 32.9 Å². The van der Waals surface area contributed by atoms with E-state index in [1.165, 1.54) is 0 Å². The molecule has 2 rings (SSSR count). The van der Waals surface area contributed by atoms with Gasteiger partial charge in [-0.25, -0.2) is 13.6 Å². The molecule has 1 aromatic carbocycles. The van der Waals surface area contributed by atoms with Gasteiger partial charge in [-0.15, -0.1) is 0 Å². The molecule has 1 fully saturated rings. The average Bonchev–Trinajstić information content (AvgIpc) is 2.57. The van der Waals surface area contributed by atoms with Gasteiger partial charge in [-0.1, -0.05) is 6.07 Å². The number of rotatable bonds is 2. The van der Waals surface area contributed by atoms with Crippen molar-refractivity contribution in [3.05, 3.63) is 35.4 Å². The van der Waals surface area contributed by atoms with Crippen molar-refractivity contribution in [3.8, 4) is 0 Å². The molecule has 5 nitrogen and oxygen atoms in total. The number of ether oxygens (including phenoxy) is 1. The van der Waals surface area contributed by atoms with Crippen molar-refractivity contribution in [1.82, 2.24) is 0 Å². The van der Waals surface area contributed by atoms with Crippen LogP contribution in [0.3, 0.4) is 0 Å². The second kappa shape index (κ2) is 4.62. The summed E-state index contributed by atoms with van der Waals surface area (Å²) in [4.78, 5) is 11.5. The topological polar surface area (TPSA) is 69.7 Å². The van der Waals surface area contributed by atoms with Gasteiger partial charge in [0.25, 0.3) is 10.1 Å². The van der Waals surface area contributed by atoms with Crippen LogP contribution in [0.25, 0.3) is 0 Å². The van der Waals surface area contributed by atoms with E-state index in [0.717, 1.165) is 18.2 Å². The highest BCUT2D eigenvalue weighted by Crippen LogP contribution is 2.17. The third kappa shape index (κ3) is 2.65. The first-order valence-corrected chi connectivity index (χ1v) is 6.49. The summed E-state index contributed by atoms with van der Waals surface area (Å²) in [5, 5.41) is 0. The van der Waals surface area contributed by atoms with E-state index in [1.807, 2.05) is 0 Å². The monoisotopic (exact) mass is 278 g/mol. The summed E-state index contributed by atoms with van der Waals surface area (Å²) in [6, 6.07) is 2.91. The predicted octanol–water partition coefficient (Wildman–Crippen LogP) is 0.850. The van der Waals surface area contributed by atoms with Crippen LogP contribution in [0.4, 0.5) is 8.78 Å². The lowest BCUT2D eigenvalue weighted by molar-refractivity contribution is 0.0292. The first-order chi connectivity index (χ1) is 8.39. The second-order valence-electron chi connectivity index (χ2n) is 3.63. The van der Waals surface area contributed by atoms with Crippen molar-refractivity contribution in [2.75, 3.05) is 12.4 Å². The zero-order valence-electron chi connectivity index (χ0n) is 8.93. The largest absolute Gasteiger partial charge is 0.455 e. The van der Waals surface area contributed by atoms with Crippen LogP contribution < -0.4 is 0 Å². The number of carbonyl (C=O) groups excluding carboxylic acids is 1. The summed E-state index contributed by atoms with van der Waals surface area (Å²) < 4.78 is 57.4. The molecule has 1 heterocycles. The molecule has 0 amide bonds. The van der Waals surface area contributed by atoms with E-state index >= 15 is 0 Å². The van der Waals surface area contributed by atoms with Gasteiger partial charge in [-0.3, -0.25) is 4.18 Å². The van der Waals surface area contributed by atoms with Crippen LogP contribution >= 0.6 is 0 Å². The summed E-state index contributed by atoms with van der Waals surface area (Å²) in [6.07, 6.45) is -1.05. The normalized spacial score (nSPS) is 21.8. The van der Waals surface area contributed by atoms with Crippen molar-refractivity contribution < 1.29 is 30.9 Å². The average molecular weight is 278 g/mol. The first-order valence-electron chi connectivity index (χ1n) is 4.91. The van der Waals surface area contributed by atoms with Crippen LogP contribution in [0.15, 0.2) is 18.2 Å². The van der Waals surface area contributed by atoms with Crippen LogP contribution in [0.5, 0.6) is 0 Å². The highest BCUT2D eigenvalue weighted by atomic mass is 32.2. The summed E-state index contributed by atoms with van der Waals surface area (Å²) >= 11 is 0. The number of hydrogen-bond donors (Lipinski definition) is 0. The molecule has 18 heavy (non-hydrogen) atoms. The van der Waals surface area contributed by atoms with Gasteiger partial charge in [-0.05, 0) is 12.1 Å². The minimum Gasteiger partial charge on any atom is -0.455 e. The summed E-state index contributed by atoms with van der Waals surface area (Å²) in [5.41, 5.74) is -0.846. The van der Waals surface area contributed by atoms with Crippen LogP contribution in [0.1, 0.15) is 10.4 Å². The lowest BCUT2D eigenvalue weighted by Crippen LogP contribution is -2.23. The van der Waals surface area contributed by atoms with Crippen molar-refractivity contribution in [1.29, 1.82) is 0 Å². The molecule has 1 saturated heterocycles. The van der Waals surface area contributed by atoms with Crippen LogP contribution in [0, 0.1) is 11.6 Å². The molecule has 0 N–H and O–H groups in total. The summed E-state index contributed by atoms with van der Waals surface area (Å²) in [5.74, 6) is -3.91. The summed E-state index contributed by atoms with van der Waals surface area (Å²) in [6.45, 7) is -0.343. The molecular weight excluding hydrogens is 270 g/mol. The smallest absolute Gasteiger partial charge is 0.344 e. The van der Waals surface area contributed by atoms with Gasteiger partial charge in [0.05, 0.1) is 0 Å². The highest BCUT2D eigenvalue weighted by Gasteiger charge is 2.33. The minimum atomic E-state index is -3.71. The number of carbonyl (C=O) groups is 1. The molecule has 0 bridgehead atoms. The van der Waals surface area contributed by atoms with E-state index in [2.05, 4.69) is 8.92 Å². The Morgan fingerprint density at radius 3 is 2.44 bits per heavy atom. The van der Waals surface area contributed by atoms with Crippen molar-refractivity contribution in [3.63, 3.8) is 0 Å². The molecule has 0 aliphatic carbocycles. The van der Waals surface area contributed by atoms with Crippen LogP contribution in [-0.2, 0) is 19.0 Å². The third-order valence-electron chi connectivity index (χ3n) is 2.26. The maximum absolute atomic E-state index is 13.2. The Kier molecular flexibility index (Phi) is 3.31. The van der Waals surface area contributed by atoms with Crippen LogP contribution in [0.2, 0.25) is 0 Å². The standard InChI is InChI=1S/C10H8F2O5S/c11-7-2-1-3-8(12)9(7)10(13)17-6-4-16-18(14,15)5-6/h1-3,6H,4-5H2. The van der Waals surface area contributed by atoms with E-state index in [9.17, 15) is 22.0 Å². The van der Waals surface area contributed by atoms with E-state index in [-0.39, 0.29) is 6.61 Å². The van der Waals surface area contributed by atoms with Gasteiger partial charge in [-0.2, -0.15) is 8.42 Å². The maximum Gasteiger partial charge on any atom is 0.344 e. The number of hydrogen-bond acceptors (Lipinski definition) is 5. The van der Waals surface area contributed by atoms with Gasteiger partial charge < -0.3 is 4.74 Å².